The first kappa shape index (κ1) is 26.3. The Bertz CT molecular complexity index is 1380. The Hall–Kier alpha value is -3.28. The molecule has 1 aliphatic carbocycles. The normalized spacial score (nSPS) is 18.6. The summed E-state index contributed by atoms with van der Waals surface area (Å²) in [5.74, 6) is 0.0512. The molecule has 2 aliphatic rings. The maximum atomic E-state index is 12.8. The van der Waals surface area contributed by atoms with Crippen LogP contribution in [0.25, 0.3) is 0 Å². The summed E-state index contributed by atoms with van der Waals surface area (Å²) in [6.07, 6.45) is 7.52. The summed E-state index contributed by atoms with van der Waals surface area (Å²) in [6, 6.07) is 12.0. The van der Waals surface area contributed by atoms with E-state index in [1.54, 1.807) is 23.0 Å². The van der Waals surface area contributed by atoms with Gasteiger partial charge in [0.2, 0.25) is 15.9 Å². The minimum absolute atomic E-state index is 0.0116. The summed E-state index contributed by atoms with van der Waals surface area (Å²) in [5.41, 5.74) is 9.13. The van der Waals surface area contributed by atoms with Gasteiger partial charge in [0.1, 0.15) is 11.8 Å². The molecular formula is C27H34N6O4S. The topological polar surface area (TPSA) is 141 Å². The number of benzene rings is 2. The fourth-order valence-electron chi connectivity index (χ4n) is 5.13. The summed E-state index contributed by atoms with van der Waals surface area (Å²) in [4.78, 5) is 12.2. The minimum Gasteiger partial charge on any atom is -0.493 e. The molecule has 2 heterocycles. The average molecular weight is 539 g/mol. The number of hydrogen-bond donors (Lipinski definition) is 3. The smallest absolute Gasteiger partial charge is 0.241 e. The molecule has 1 amide bonds. The first-order valence-corrected chi connectivity index (χ1v) is 14.5. The van der Waals surface area contributed by atoms with Crippen LogP contribution in [0, 0.1) is 6.92 Å². The van der Waals surface area contributed by atoms with Crippen LogP contribution in [0.2, 0.25) is 0 Å². The molecule has 0 spiro atoms. The molecule has 0 saturated heterocycles. The first-order valence-electron chi connectivity index (χ1n) is 13.1. The molecule has 1 aliphatic heterocycles. The van der Waals surface area contributed by atoms with Gasteiger partial charge in [0.25, 0.3) is 0 Å². The number of nitrogens with zero attached hydrogens (tertiary/aromatic N) is 3. The second kappa shape index (κ2) is 11.2. The number of carbonyl (C=O) groups is 1. The molecule has 1 aromatic heterocycles. The molecule has 2 aromatic carbocycles. The fourth-order valence-corrected chi connectivity index (χ4v) is 6.34. The first-order chi connectivity index (χ1) is 18.3. The van der Waals surface area contributed by atoms with Crippen LogP contribution in [0.5, 0.6) is 5.75 Å². The van der Waals surface area contributed by atoms with Crippen molar-refractivity contribution in [3.63, 3.8) is 0 Å². The highest BCUT2D eigenvalue weighted by atomic mass is 32.2. The van der Waals surface area contributed by atoms with Crippen molar-refractivity contribution in [2.75, 3.05) is 6.61 Å². The molecule has 2 atom stereocenters. The van der Waals surface area contributed by atoms with Gasteiger partial charge in [-0.05, 0) is 43.5 Å². The third-order valence-electron chi connectivity index (χ3n) is 7.30. The molecule has 38 heavy (non-hydrogen) atoms. The van der Waals surface area contributed by atoms with Crippen molar-refractivity contribution in [3.8, 4) is 5.75 Å². The highest BCUT2D eigenvalue weighted by Crippen LogP contribution is 2.35. The molecule has 0 unspecified atom stereocenters. The summed E-state index contributed by atoms with van der Waals surface area (Å²) < 4.78 is 35.7. The molecule has 0 bridgehead atoms. The number of rotatable bonds is 10. The zero-order chi connectivity index (χ0) is 26.7. The molecule has 1 saturated carbocycles. The zero-order valence-electron chi connectivity index (χ0n) is 21.5. The van der Waals surface area contributed by atoms with Crippen LogP contribution >= 0.6 is 0 Å². The maximum absolute atomic E-state index is 12.8. The van der Waals surface area contributed by atoms with E-state index in [1.807, 2.05) is 6.92 Å². The van der Waals surface area contributed by atoms with Gasteiger partial charge in [-0.15, -0.1) is 5.10 Å². The van der Waals surface area contributed by atoms with Crippen molar-refractivity contribution in [2.24, 2.45) is 5.73 Å². The number of carbonyl (C=O) groups excluding carboxylic acids is 1. The Kier molecular flexibility index (Phi) is 7.78. The molecule has 10 nitrogen and oxygen atoms in total. The number of primary amides is 1. The zero-order valence-corrected chi connectivity index (χ0v) is 22.3. The van der Waals surface area contributed by atoms with Gasteiger partial charge in [-0.2, -0.15) is 4.72 Å². The van der Waals surface area contributed by atoms with Crippen LogP contribution in [0.15, 0.2) is 53.6 Å². The van der Waals surface area contributed by atoms with Crippen LogP contribution in [0.1, 0.15) is 60.5 Å². The lowest BCUT2D eigenvalue weighted by Crippen LogP contribution is -2.45. The predicted molar refractivity (Wildman–Crippen MR) is 142 cm³/mol. The second-order valence-corrected chi connectivity index (χ2v) is 11.9. The standard InChI is InChI=1S/C27H34N6O4S/c1-18-6-9-22(10-7-18)38(35,36)31-24(27(28)34)15-21-17-33(32-30-21)25-12-13-37-26-14-19(8-11-23(25)26)16-29-20-4-2-3-5-20/h6-11,14,17,20,24-25,29,31H,2-5,12-13,15-16H2,1H3,(H2,28,34)/t24-,25-/m1/s1. The quantitative estimate of drug-likeness (QED) is 0.360. The second-order valence-electron chi connectivity index (χ2n) is 10.2. The van der Waals surface area contributed by atoms with Gasteiger partial charge in [-0.25, -0.2) is 13.1 Å². The maximum Gasteiger partial charge on any atom is 0.241 e. The molecule has 11 heteroatoms. The van der Waals surface area contributed by atoms with Crippen LogP contribution < -0.4 is 20.5 Å². The summed E-state index contributed by atoms with van der Waals surface area (Å²) in [7, 11) is -3.94. The van der Waals surface area contributed by atoms with Gasteiger partial charge < -0.3 is 15.8 Å². The van der Waals surface area contributed by atoms with E-state index in [-0.39, 0.29) is 17.4 Å². The highest BCUT2D eigenvalue weighted by Gasteiger charge is 2.28. The summed E-state index contributed by atoms with van der Waals surface area (Å²) in [6.45, 7) is 3.22. The van der Waals surface area contributed by atoms with E-state index in [4.69, 9.17) is 10.5 Å². The number of nitrogens with one attached hydrogen (secondary N) is 2. The van der Waals surface area contributed by atoms with Crippen molar-refractivity contribution in [3.05, 3.63) is 71.0 Å². The van der Waals surface area contributed by atoms with Gasteiger partial charge in [0.05, 0.1) is 23.2 Å². The molecule has 5 rings (SSSR count). The number of amides is 1. The molecular weight excluding hydrogens is 504 g/mol. The van der Waals surface area contributed by atoms with E-state index < -0.39 is 22.0 Å². The van der Waals surface area contributed by atoms with E-state index in [0.717, 1.165) is 29.8 Å². The molecule has 0 radical (unpaired) electrons. The number of fused-ring (bicyclic) bond motifs is 1. The van der Waals surface area contributed by atoms with Crippen molar-refractivity contribution in [1.82, 2.24) is 25.0 Å². The largest absolute Gasteiger partial charge is 0.493 e. The van der Waals surface area contributed by atoms with Gasteiger partial charge in [0, 0.05) is 37.2 Å². The van der Waals surface area contributed by atoms with Crippen molar-refractivity contribution in [1.29, 1.82) is 0 Å². The number of ether oxygens (including phenoxy) is 1. The lowest BCUT2D eigenvalue weighted by Gasteiger charge is -2.26. The van der Waals surface area contributed by atoms with Crippen LogP contribution in [-0.4, -0.2) is 48.0 Å². The van der Waals surface area contributed by atoms with Crippen LogP contribution in [0.3, 0.4) is 0 Å². The monoisotopic (exact) mass is 538 g/mol. The molecule has 3 aromatic rings. The minimum atomic E-state index is -3.94. The number of aryl methyl sites for hydroxylation is 1. The van der Waals surface area contributed by atoms with Crippen LogP contribution in [-0.2, 0) is 27.8 Å². The van der Waals surface area contributed by atoms with Gasteiger partial charge in [-0.3, -0.25) is 4.79 Å². The molecule has 202 valence electrons. The van der Waals surface area contributed by atoms with E-state index >= 15 is 0 Å². The number of aromatic nitrogens is 3. The fraction of sp³-hybridized carbons (Fsp3) is 0.444. The van der Waals surface area contributed by atoms with Gasteiger partial charge in [-0.1, -0.05) is 47.9 Å². The van der Waals surface area contributed by atoms with Gasteiger partial charge >= 0.3 is 0 Å². The third-order valence-corrected chi connectivity index (χ3v) is 8.79. The lowest BCUT2D eigenvalue weighted by molar-refractivity contribution is -0.119. The van der Waals surface area contributed by atoms with Crippen molar-refractivity contribution < 1.29 is 17.9 Å². The summed E-state index contributed by atoms with van der Waals surface area (Å²) >= 11 is 0. The summed E-state index contributed by atoms with van der Waals surface area (Å²) in [5, 5.41) is 12.1. The Morgan fingerprint density at radius 2 is 1.92 bits per heavy atom. The molecule has 1 fully saturated rings. The number of hydrogen-bond acceptors (Lipinski definition) is 7. The Morgan fingerprint density at radius 3 is 2.66 bits per heavy atom. The van der Waals surface area contributed by atoms with E-state index in [2.05, 4.69) is 38.6 Å². The van der Waals surface area contributed by atoms with Crippen molar-refractivity contribution in [2.45, 2.75) is 75.0 Å². The van der Waals surface area contributed by atoms with Crippen LogP contribution in [0.4, 0.5) is 0 Å². The van der Waals surface area contributed by atoms with Gasteiger partial charge in [0.15, 0.2) is 0 Å². The van der Waals surface area contributed by atoms with Crippen molar-refractivity contribution >= 4 is 15.9 Å². The predicted octanol–water partition coefficient (Wildman–Crippen LogP) is 2.37. The van der Waals surface area contributed by atoms with E-state index in [1.165, 1.54) is 43.4 Å². The van der Waals surface area contributed by atoms with E-state index in [0.29, 0.717) is 18.3 Å². The molecule has 4 N–H and O–H groups in total. The lowest BCUT2D eigenvalue weighted by atomic mass is 9.98. The average Bonchev–Trinajstić information content (AvgIpc) is 3.59. The Balaban J connectivity index is 1.27. The number of nitrogens with two attached hydrogens (primary N) is 1. The Morgan fingerprint density at radius 1 is 1.16 bits per heavy atom. The number of sulfonamides is 1. The third kappa shape index (κ3) is 6.06. The Labute approximate surface area is 223 Å². The SMILES string of the molecule is Cc1ccc(S(=O)(=O)N[C@H](Cc2cn([C@@H]3CCOc4cc(CNC5CCCC5)ccc43)nn2)C(N)=O)cc1. The van der Waals surface area contributed by atoms with E-state index in [9.17, 15) is 13.2 Å². The highest BCUT2D eigenvalue weighted by molar-refractivity contribution is 7.89.